The van der Waals surface area contributed by atoms with E-state index in [0.717, 1.165) is 5.56 Å². The third-order valence-electron chi connectivity index (χ3n) is 3.42. The Labute approximate surface area is 149 Å². The predicted octanol–water partition coefficient (Wildman–Crippen LogP) is 2.94. The van der Waals surface area contributed by atoms with Crippen molar-refractivity contribution in [2.24, 2.45) is 7.05 Å². The van der Waals surface area contributed by atoms with Crippen LogP contribution in [0.2, 0.25) is 5.02 Å². The maximum atomic E-state index is 12.1. The van der Waals surface area contributed by atoms with Crippen molar-refractivity contribution < 1.29 is 9.53 Å². The number of amides is 1. The normalized spacial score (nSPS) is 10.5. The van der Waals surface area contributed by atoms with Crippen LogP contribution < -0.4 is 10.1 Å². The minimum absolute atomic E-state index is 0.143. The van der Waals surface area contributed by atoms with Crippen LogP contribution in [0.5, 0.6) is 5.75 Å². The number of benzene rings is 2. The quantitative estimate of drug-likeness (QED) is 0.733. The highest BCUT2D eigenvalue weighted by Gasteiger charge is 2.08. The molecule has 0 fully saturated rings. The van der Waals surface area contributed by atoms with Crippen molar-refractivity contribution in [3.05, 3.63) is 53.6 Å². The van der Waals surface area contributed by atoms with Gasteiger partial charge in [-0.3, -0.25) is 4.79 Å². The van der Waals surface area contributed by atoms with Gasteiger partial charge in [0.25, 0.3) is 0 Å². The zero-order valence-electron chi connectivity index (χ0n) is 13.5. The van der Waals surface area contributed by atoms with Gasteiger partial charge in [-0.25, -0.2) is 4.68 Å². The zero-order chi connectivity index (χ0) is 17.6. The molecule has 1 heterocycles. The summed E-state index contributed by atoms with van der Waals surface area (Å²) in [4.78, 5) is 12.1. The van der Waals surface area contributed by atoms with Gasteiger partial charge >= 0.3 is 0 Å². The fourth-order valence-corrected chi connectivity index (χ4v) is 2.43. The summed E-state index contributed by atoms with van der Waals surface area (Å²) < 4.78 is 7.09. The molecule has 1 N–H and O–H groups in total. The van der Waals surface area contributed by atoms with Crippen LogP contribution in [0.3, 0.4) is 0 Å². The molecule has 1 amide bonds. The molecule has 3 aromatic rings. The number of nitrogens with one attached hydrogen (secondary N) is 1. The molecule has 0 bridgehead atoms. The van der Waals surface area contributed by atoms with E-state index in [4.69, 9.17) is 16.3 Å². The third-order valence-corrected chi connectivity index (χ3v) is 3.65. The summed E-state index contributed by atoms with van der Waals surface area (Å²) in [5.74, 6) is 1.12. The summed E-state index contributed by atoms with van der Waals surface area (Å²) in [6, 6.07) is 14.4. The number of ether oxygens (including phenoxy) is 1. The first-order valence-corrected chi connectivity index (χ1v) is 8.00. The Balaban J connectivity index is 1.55. The number of aryl methyl sites for hydroxylation is 1. The molecule has 0 unspecified atom stereocenters. The number of carbonyl (C=O) groups excluding carboxylic acids is 1. The number of tetrazole rings is 1. The van der Waals surface area contributed by atoms with Crippen LogP contribution in [0.25, 0.3) is 11.4 Å². The first kappa shape index (κ1) is 16.9. The summed E-state index contributed by atoms with van der Waals surface area (Å²) in [7, 11) is 1.76. The van der Waals surface area contributed by atoms with E-state index in [1.165, 1.54) is 0 Å². The largest absolute Gasteiger partial charge is 0.493 e. The molecule has 3 rings (SSSR count). The van der Waals surface area contributed by atoms with E-state index in [9.17, 15) is 4.79 Å². The lowest BCUT2D eigenvalue weighted by molar-refractivity contribution is -0.116. The van der Waals surface area contributed by atoms with Gasteiger partial charge in [0.05, 0.1) is 13.0 Å². The molecule has 1 aromatic heterocycles. The maximum Gasteiger partial charge on any atom is 0.227 e. The Kier molecular flexibility index (Phi) is 5.25. The smallest absolute Gasteiger partial charge is 0.227 e. The van der Waals surface area contributed by atoms with Gasteiger partial charge in [-0.05, 0) is 40.8 Å². The highest BCUT2D eigenvalue weighted by Crippen LogP contribution is 2.20. The van der Waals surface area contributed by atoms with E-state index in [2.05, 4.69) is 20.8 Å². The summed E-state index contributed by atoms with van der Waals surface area (Å²) in [5, 5.41) is 14.8. The van der Waals surface area contributed by atoms with E-state index in [1.807, 2.05) is 24.3 Å². The minimum atomic E-state index is -0.143. The number of hydrogen-bond donors (Lipinski definition) is 1. The Morgan fingerprint density at radius 1 is 1.24 bits per heavy atom. The van der Waals surface area contributed by atoms with Crippen molar-refractivity contribution in [2.45, 2.75) is 6.42 Å². The van der Waals surface area contributed by atoms with Crippen LogP contribution in [-0.4, -0.2) is 32.7 Å². The van der Waals surface area contributed by atoms with Crippen LogP contribution in [0.4, 0.5) is 5.69 Å². The number of hydrogen-bond acceptors (Lipinski definition) is 5. The molecule has 7 nitrogen and oxygen atoms in total. The molecule has 128 valence electrons. The van der Waals surface area contributed by atoms with Gasteiger partial charge in [0.2, 0.25) is 5.91 Å². The average Bonchev–Trinajstić information content (AvgIpc) is 3.01. The van der Waals surface area contributed by atoms with Crippen LogP contribution in [0.15, 0.2) is 48.5 Å². The van der Waals surface area contributed by atoms with Crippen molar-refractivity contribution >= 4 is 23.2 Å². The monoisotopic (exact) mass is 357 g/mol. The molecule has 0 saturated carbocycles. The fourth-order valence-electron chi connectivity index (χ4n) is 2.25. The maximum absolute atomic E-state index is 12.1. The highest BCUT2D eigenvalue weighted by molar-refractivity contribution is 6.30. The molecule has 0 atom stereocenters. The molecule has 0 aliphatic rings. The molecule has 0 aliphatic carbocycles. The number of aromatic nitrogens is 4. The lowest BCUT2D eigenvalue weighted by atomic mass is 10.2. The lowest BCUT2D eigenvalue weighted by Crippen LogP contribution is -2.15. The molecule has 0 radical (unpaired) electrons. The molecular weight excluding hydrogens is 342 g/mol. The molecule has 0 aliphatic heterocycles. The first-order valence-electron chi connectivity index (χ1n) is 7.63. The second-order valence-corrected chi connectivity index (χ2v) is 5.75. The fraction of sp³-hybridized carbons (Fsp3) is 0.176. The second-order valence-electron chi connectivity index (χ2n) is 5.31. The standard InChI is InChI=1S/C17H16ClN5O2/c1-23-17(20-21-22-23)12-4-2-6-14(10-12)19-16(24)8-9-25-15-7-3-5-13(18)11-15/h2-7,10-11H,8-9H2,1H3,(H,19,24). The highest BCUT2D eigenvalue weighted by atomic mass is 35.5. The van der Waals surface area contributed by atoms with Crippen LogP contribution in [-0.2, 0) is 11.8 Å². The number of rotatable bonds is 6. The van der Waals surface area contributed by atoms with Crippen LogP contribution in [0.1, 0.15) is 6.42 Å². The summed E-state index contributed by atoms with van der Waals surface area (Å²) in [6.07, 6.45) is 0.224. The number of nitrogens with zero attached hydrogens (tertiary/aromatic N) is 4. The van der Waals surface area contributed by atoms with E-state index in [-0.39, 0.29) is 18.9 Å². The molecule has 8 heteroatoms. The van der Waals surface area contributed by atoms with Gasteiger partial charge < -0.3 is 10.1 Å². The van der Waals surface area contributed by atoms with Gasteiger partial charge in [-0.1, -0.05) is 29.8 Å². The van der Waals surface area contributed by atoms with Crippen molar-refractivity contribution in [1.29, 1.82) is 0 Å². The van der Waals surface area contributed by atoms with E-state index in [0.29, 0.717) is 22.3 Å². The molecule has 0 saturated heterocycles. The Bertz CT molecular complexity index is 881. The lowest BCUT2D eigenvalue weighted by Gasteiger charge is -2.08. The second kappa shape index (κ2) is 7.76. The van der Waals surface area contributed by atoms with Gasteiger partial charge in [-0.15, -0.1) is 5.10 Å². The minimum Gasteiger partial charge on any atom is -0.493 e. The third kappa shape index (κ3) is 4.54. The Hall–Kier alpha value is -2.93. The van der Waals surface area contributed by atoms with Crippen LogP contribution >= 0.6 is 11.6 Å². The Morgan fingerprint density at radius 3 is 2.84 bits per heavy atom. The zero-order valence-corrected chi connectivity index (χ0v) is 14.3. The topological polar surface area (TPSA) is 81.9 Å². The van der Waals surface area contributed by atoms with Crippen molar-refractivity contribution in [3.8, 4) is 17.1 Å². The van der Waals surface area contributed by atoms with Crippen molar-refractivity contribution in [1.82, 2.24) is 20.2 Å². The van der Waals surface area contributed by atoms with Crippen molar-refractivity contribution in [2.75, 3.05) is 11.9 Å². The average molecular weight is 358 g/mol. The predicted molar refractivity (Wildman–Crippen MR) is 94.4 cm³/mol. The summed E-state index contributed by atoms with van der Waals surface area (Å²) in [5.41, 5.74) is 1.49. The van der Waals surface area contributed by atoms with E-state index < -0.39 is 0 Å². The number of halogens is 1. The SMILES string of the molecule is Cn1nnnc1-c1cccc(NC(=O)CCOc2cccc(Cl)c2)c1. The summed E-state index contributed by atoms with van der Waals surface area (Å²) >= 11 is 5.89. The molecule has 0 spiro atoms. The molecule has 25 heavy (non-hydrogen) atoms. The van der Waals surface area contributed by atoms with E-state index >= 15 is 0 Å². The molecular formula is C17H16ClN5O2. The van der Waals surface area contributed by atoms with Crippen LogP contribution in [0, 0.1) is 0 Å². The number of carbonyl (C=O) groups is 1. The first-order chi connectivity index (χ1) is 12.1. The Morgan fingerprint density at radius 2 is 2.08 bits per heavy atom. The van der Waals surface area contributed by atoms with Gasteiger partial charge in [0.1, 0.15) is 5.75 Å². The van der Waals surface area contributed by atoms with Gasteiger partial charge in [0, 0.05) is 23.3 Å². The van der Waals surface area contributed by atoms with Gasteiger partial charge in [0.15, 0.2) is 5.82 Å². The molecule has 2 aromatic carbocycles. The number of anilines is 1. The van der Waals surface area contributed by atoms with E-state index in [1.54, 1.807) is 36.0 Å². The van der Waals surface area contributed by atoms with Crippen molar-refractivity contribution in [3.63, 3.8) is 0 Å². The summed E-state index contributed by atoms with van der Waals surface area (Å²) in [6.45, 7) is 0.263. The van der Waals surface area contributed by atoms with Gasteiger partial charge in [-0.2, -0.15) is 0 Å².